The molecule has 1 saturated heterocycles. The van der Waals surface area contributed by atoms with Crippen molar-refractivity contribution in [1.29, 1.82) is 0 Å². The van der Waals surface area contributed by atoms with Gasteiger partial charge >= 0.3 is 29.6 Å². The van der Waals surface area contributed by atoms with Crippen LogP contribution in [0.5, 0.6) is 5.75 Å². The van der Waals surface area contributed by atoms with E-state index in [1.807, 2.05) is 66.7 Å². The fraction of sp³-hybridized carbons (Fsp3) is 0.214. The molecule has 1 fully saturated rings. The summed E-state index contributed by atoms with van der Waals surface area (Å²) >= 11 is 0. The SMILES string of the molecule is O=C([O-])COc1cccc(CN2CCC[C@H]2c2nc(-c3ccccc3)c(-c3ccccc3)o2)c1.[Na+]. The molecule has 1 atom stereocenters. The van der Waals surface area contributed by atoms with E-state index in [4.69, 9.17) is 14.1 Å². The van der Waals surface area contributed by atoms with Crippen LogP contribution in [0.4, 0.5) is 0 Å². The molecule has 3 aromatic carbocycles. The molecule has 172 valence electrons. The molecule has 0 bridgehead atoms. The van der Waals surface area contributed by atoms with Crippen LogP contribution in [0.3, 0.4) is 0 Å². The van der Waals surface area contributed by atoms with Gasteiger partial charge in [0.25, 0.3) is 0 Å². The second-order valence-electron chi connectivity index (χ2n) is 8.40. The van der Waals surface area contributed by atoms with E-state index in [0.29, 0.717) is 12.3 Å². The van der Waals surface area contributed by atoms with Crippen molar-refractivity contribution in [1.82, 2.24) is 9.88 Å². The fourth-order valence-corrected chi connectivity index (χ4v) is 4.46. The molecule has 7 heteroatoms. The van der Waals surface area contributed by atoms with Crippen molar-refractivity contribution in [3.8, 4) is 28.3 Å². The van der Waals surface area contributed by atoms with Crippen molar-refractivity contribution in [3.05, 3.63) is 96.4 Å². The Hall–Kier alpha value is -2.90. The summed E-state index contributed by atoms with van der Waals surface area (Å²) in [6, 6.07) is 27.8. The number of oxazole rings is 1. The number of hydrogen-bond acceptors (Lipinski definition) is 6. The minimum Gasteiger partial charge on any atom is -0.546 e. The third-order valence-corrected chi connectivity index (χ3v) is 6.02. The minimum absolute atomic E-state index is 0. The Morgan fingerprint density at radius 1 is 1.00 bits per heavy atom. The first kappa shape index (κ1) is 25.2. The summed E-state index contributed by atoms with van der Waals surface area (Å²) in [5.74, 6) is 0.787. The summed E-state index contributed by atoms with van der Waals surface area (Å²) in [6.45, 7) is 1.16. The number of aromatic nitrogens is 1. The number of carboxylic acid groups (broad SMARTS) is 1. The molecule has 1 aliphatic heterocycles. The topological polar surface area (TPSA) is 78.6 Å². The van der Waals surface area contributed by atoms with Crippen molar-refractivity contribution in [2.75, 3.05) is 13.2 Å². The molecule has 1 aromatic heterocycles. The first-order chi connectivity index (χ1) is 16.7. The van der Waals surface area contributed by atoms with Gasteiger partial charge in [-0.05, 0) is 37.1 Å². The van der Waals surface area contributed by atoms with Gasteiger partial charge in [-0.25, -0.2) is 4.98 Å². The third-order valence-electron chi connectivity index (χ3n) is 6.02. The van der Waals surface area contributed by atoms with Gasteiger partial charge in [-0.2, -0.15) is 0 Å². The standard InChI is InChI=1S/C28H26N2O4.Na/c31-25(32)19-33-23-14-7-9-20(17-23)18-30-16-8-15-24(30)28-29-26(21-10-3-1-4-11-21)27(34-28)22-12-5-2-6-13-22;/h1-7,9-14,17,24H,8,15-16,18-19H2,(H,31,32);/q;+1/p-1/t24-;/m0./s1. The number of carboxylic acids is 1. The fourth-order valence-electron chi connectivity index (χ4n) is 4.46. The number of carbonyl (C=O) groups is 1. The van der Waals surface area contributed by atoms with Crippen LogP contribution in [0.2, 0.25) is 0 Å². The minimum atomic E-state index is -1.24. The number of ether oxygens (including phenoxy) is 1. The van der Waals surface area contributed by atoms with Crippen LogP contribution in [0, 0.1) is 0 Å². The summed E-state index contributed by atoms with van der Waals surface area (Å²) < 4.78 is 11.7. The Labute approximate surface area is 226 Å². The van der Waals surface area contributed by atoms with Crippen LogP contribution < -0.4 is 39.4 Å². The maximum atomic E-state index is 10.7. The number of rotatable bonds is 8. The summed E-state index contributed by atoms with van der Waals surface area (Å²) in [7, 11) is 0. The van der Waals surface area contributed by atoms with E-state index in [-0.39, 0.29) is 35.6 Å². The second-order valence-corrected chi connectivity index (χ2v) is 8.40. The summed E-state index contributed by atoms with van der Waals surface area (Å²) in [5.41, 5.74) is 3.92. The molecule has 2 heterocycles. The molecule has 0 unspecified atom stereocenters. The molecule has 0 N–H and O–H groups in total. The average Bonchev–Trinajstić information content (AvgIpc) is 3.51. The smallest absolute Gasteiger partial charge is 0.546 e. The zero-order valence-electron chi connectivity index (χ0n) is 19.7. The molecular weight excluding hydrogens is 451 g/mol. The largest absolute Gasteiger partial charge is 1.00 e. The number of benzene rings is 3. The van der Waals surface area contributed by atoms with Gasteiger partial charge in [-0.3, -0.25) is 4.90 Å². The molecule has 6 nitrogen and oxygen atoms in total. The molecule has 35 heavy (non-hydrogen) atoms. The molecular formula is C28H25N2NaO4. The normalized spacial score (nSPS) is 15.5. The van der Waals surface area contributed by atoms with E-state index in [9.17, 15) is 9.90 Å². The molecule has 0 saturated carbocycles. The van der Waals surface area contributed by atoms with E-state index in [1.54, 1.807) is 6.07 Å². The Balaban J connectivity index is 0.00000289. The summed E-state index contributed by atoms with van der Waals surface area (Å²) in [5, 5.41) is 10.7. The Kier molecular flexibility index (Phi) is 8.42. The number of hydrogen-bond donors (Lipinski definition) is 0. The van der Waals surface area contributed by atoms with Crippen LogP contribution >= 0.6 is 0 Å². The summed E-state index contributed by atoms with van der Waals surface area (Å²) in [6.07, 6.45) is 2.01. The van der Waals surface area contributed by atoms with Gasteiger partial charge in [0.05, 0.1) is 12.0 Å². The van der Waals surface area contributed by atoms with E-state index in [1.165, 1.54) is 0 Å². The molecule has 0 amide bonds. The average molecular weight is 477 g/mol. The zero-order valence-corrected chi connectivity index (χ0v) is 21.7. The van der Waals surface area contributed by atoms with Crippen molar-refractivity contribution in [2.45, 2.75) is 25.4 Å². The molecule has 0 radical (unpaired) electrons. The van der Waals surface area contributed by atoms with Crippen LogP contribution in [0.1, 0.15) is 30.3 Å². The Bertz CT molecular complexity index is 1200. The second kappa shape index (κ2) is 11.7. The Morgan fingerprint density at radius 3 is 2.43 bits per heavy atom. The van der Waals surface area contributed by atoms with Crippen molar-refractivity contribution in [3.63, 3.8) is 0 Å². The quantitative estimate of drug-likeness (QED) is 0.359. The van der Waals surface area contributed by atoms with Gasteiger partial charge < -0.3 is 19.1 Å². The maximum absolute atomic E-state index is 10.7. The number of aliphatic carboxylic acids is 1. The van der Waals surface area contributed by atoms with E-state index >= 15 is 0 Å². The van der Waals surface area contributed by atoms with Gasteiger partial charge in [0.2, 0.25) is 5.89 Å². The molecule has 4 aromatic rings. The van der Waals surface area contributed by atoms with Crippen LogP contribution in [0.15, 0.2) is 89.3 Å². The van der Waals surface area contributed by atoms with Gasteiger partial charge in [0.15, 0.2) is 5.76 Å². The van der Waals surface area contributed by atoms with Crippen LogP contribution in [0.25, 0.3) is 22.6 Å². The third kappa shape index (κ3) is 6.03. The van der Waals surface area contributed by atoms with Crippen LogP contribution in [-0.2, 0) is 11.3 Å². The first-order valence-corrected chi connectivity index (χ1v) is 11.4. The molecule has 0 aliphatic carbocycles. The van der Waals surface area contributed by atoms with Gasteiger partial charge in [0.1, 0.15) is 18.1 Å². The predicted octanol–water partition coefficient (Wildman–Crippen LogP) is 1.48. The van der Waals surface area contributed by atoms with Gasteiger partial charge in [-0.15, -0.1) is 0 Å². The van der Waals surface area contributed by atoms with Crippen LogP contribution in [-0.4, -0.2) is 29.0 Å². The predicted molar refractivity (Wildman–Crippen MR) is 127 cm³/mol. The van der Waals surface area contributed by atoms with Crippen molar-refractivity contribution in [2.24, 2.45) is 0 Å². The zero-order chi connectivity index (χ0) is 23.3. The molecule has 5 rings (SSSR count). The molecule has 0 spiro atoms. The first-order valence-electron chi connectivity index (χ1n) is 11.4. The summed E-state index contributed by atoms with van der Waals surface area (Å²) in [4.78, 5) is 18.1. The number of carbonyl (C=O) groups excluding carboxylic acids is 1. The molecule has 1 aliphatic rings. The van der Waals surface area contributed by atoms with Crippen molar-refractivity contribution < 1.29 is 48.6 Å². The van der Waals surface area contributed by atoms with E-state index in [2.05, 4.69) is 17.0 Å². The number of likely N-dealkylation sites (tertiary alicyclic amines) is 1. The van der Waals surface area contributed by atoms with E-state index in [0.717, 1.165) is 53.4 Å². The maximum Gasteiger partial charge on any atom is 1.00 e. The number of nitrogens with zero attached hydrogens (tertiary/aromatic N) is 2. The Morgan fingerprint density at radius 2 is 1.71 bits per heavy atom. The van der Waals surface area contributed by atoms with Gasteiger partial charge in [-0.1, -0.05) is 72.8 Å². The van der Waals surface area contributed by atoms with Gasteiger partial charge in [0, 0.05) is 17.7 Å². The van der Waals surface area contributed by atoms with Crippen molar-refractivity contribution >= 4 is 5.97 Å². The monoisotopic (exact) mass is 476 g/mol. The van der Waals surface area contributed by atoms with E-state index < -0.39 is 12.6 Å².